The van der Waals surface area contributed by atoms with Gasteiger partial charge in [-0.2, -0.15) is 0 Å². The minimum Gasteiger partial charge on any atom is -0.261 e. The largest absolute Gasteiger partial charge is 0.261 e. The van der Waals surface area contributed by atoms with Crippen LogP contribution in [0.3, 0.4) is 0 Å². The van der Waals surface area contributed by atoms with Gasteiger partial charge in [-0.05, 0) is 30.9 Å². The Balaban J connectivity index is 1.94. The fourth-order valence-corrected chi connectivity index (χ4v) is 5.42. The van der Waals surface area contributed by atoms with Crippen molar-refractivity contribution in [3.05, 3.63) is 29.6 Å². The second kappa shape index (κ2) is 2.21. The number of nitrogens with zero attached hydrogens (tertiary/aromatic N) is 1. The molecule has 0 amide bonds. The third-order valence-electron chi connectivity index (χ3n) is 4.76. The number of rotatable bonds is 0. The van der Waals surface area contributed by atoms with Gasteiger partial charge in [-0.1, -0.05) is 6.07 Å². The summed E-state index contributed by atoms with van der Waals surface area (Å²) in [5.74, 6) is 0.979. The first-order valence-corrected chi connectivity index (χ1v) is 6.20. The Labute approximate surface area is 98.8 Å². The lowest BCUT2D eigenvalue weighted by atomic mass is 9.61. The molecule has 1 unspecified atom stereocenters. The molecule has 15 heavy (non-hydrogen) atoms. The first kappa shape index (κ1) is 8.83. The Hall–Kier alpha value is -0.270. The molecule has 0 N–H and O–H groups in total. The molecule has 1 spiro atoms. The number of halogens is 2. The van der Waals surface area contributed by atoms with E-state index in [4.69, 9.17) is 23.2 Å². The van der Waals surface area contributed by atoms with Crippen molar-refractivity contribution in [2.24, 2.45) is 5.41 Å². The van der Waals surface area contributed by atoms with Crippen LogP contribution in [0.5, 0.6) is 0 Å². The number of alkyl halides is 2. The van der Waals surface area contributed by atoms with Crippen LogP contribution in [-0.2, 0) is 0 Å². The average Bonchev–Trinajstić information content (AvgIpc) is 2.76. The zero-order valence-corrected chi connectivity index (χ0v) is 9.89. The zero-order chi connectivity index (χ0) is 10.4. The van der Waals surface area contributed by atoms with Crippen LogP contribution in [0, 0.1) is 5.41 Å². The molecule has 4 rings (SSSR count). The van der Waals surface area contributed by atoms with Gasteiger partial charge in [0.05, 0.1) is 10.3 Å². The maximum Gasteiger partial charge on any atom is 0.0512 e. The number of fused-ring (bicyclic) bond motifs is 3. The maximum absolute atomic E-state index is 6.56. The summed E-state index contributed by atoms with van der Waals surface area (Å²) in [5.41, 5.74) is 2.75. The Bertz CT molecular complexity index is 466. The summed E-state index contributed by atoms with van der Waals surface area (Å²) in [6.45, 7) is 2.13. The van der Waals surface area contributed by atoms with Gasteiger partial charge < -0.3 is 0 Å². The van der Waals surface area contributed by atoms with Gasteiger partial charge >= 0.3 is 0 Å². The molecule has 5 atom stereocenters. The van der Waals surface area contributed by atoms with E-state index in [2.05, 4.69) is 18.0 Å². The quantitative estimate of drug-likeness (QED) is 0.634. The highest BCUT2D eigenvalue weighted by atomic mass is 35.5. The molecule has 3 heteroatoms. The summed E-state index contributed by atoms with van der Waals surface area (Å²) in [6.07, 6.45) is 2.91. The Morgan fingerprint density at radius 1 is 1.53 bits per heavy atom. The van der Waals surface area contributed by atoms with Crippen LogP contribution in [0.15, 0.2) is 18.3 Å². The molecule has 0 bridgehead atoms. The van der Waals surface area contributed by atoms with Crippen LogP contribution in [0.25, 0.3) is 0 Å². The summed E-state index contributed by atoms with van der Waals surface area (Å²) in [5, 5.41) is 0.209. The first-order valence-electron chi connectivity index (χ1n) is 5.38. The van der Waals surface area contributed by atoms with Gasteiger partial charge in [0.25, 0.3) is 0 Å². The van der Waals surface area contributed by atoms with E-state index in [0.717, 1.165) is 6.42 Å². The topological polar surface area (TPSA) is 12.9 Å². The van der Waals surface area contributed by atoms with Gasteiger partial charge in [-0.25, -0.2) is 0 Å². The monoisotopic (exact) mass is 239 g/mol. The van der Waals surface area contributed by atoms with Crippen molar-refractivity contribution >= 4 is 23.2 Å². The first-order chi connectivity index (χ1) is 7.11. The lowest BCUT2D eigenvalue weighted by Crippen LogP contribution is -2.48. The molecule has 1 aromatic heterocycles. The van der Waals surface area contributed by atoms with Crippen molar-refractivity contribution in [3.63, 3.8) is 0 Å². The van der Waals surface area contributed by atoms with E-state index in [1.165, 1.54) is 11.3 Å². The minimum absolute atomic E-state index is 0.116. The second-order valence-electron chi connectivity index (χ2n) is 5.24. The highest BCUT2D eigenvalue weighted by molar-refractivity contribution is 6.31. The summed E-state index contributed by atoms with van der Waals surface area (Å²) in [7, 11) is 0. The van der Waals surface area contributed by atoms with Gasteiger partial charge in [0, 0.05) is 23.2 Å². The second-order valence-corrected chi connectivity index (χ2v) is 6.55. The lowest BCUT2D eigenvalue weighted by molar-refractivity contribution is 0.158. The number of aromatic nitrogens is 1. The average molecular weight is 240 g/mol. The number of pyridine rings is 1. The SMILES string of the molecule is C[C@@]1(Cl)C[C@@H]2c3cccnc3[C@H]3[C@@H](Cl)C231. The Kier molecular flexibility index (Phi) is 1.30. The highest BCUT2D eigenvalue weighted by Crippen LogP contribution is 2.87. The van der Waals surface area contributed by atoms with Gasteiger partial charge in [0.2, 0.25) is 0 Å². The predicted octanol–water partition coefficient (Wildman–Crippen LogP) is 3.27. The van der Waals surface area contributed by atoms with Gasteiger partial charge in [-0.15, -0.1) is 23.2 Å². The van der Waals surface area contributed by atoms with Gasteiger partial charge in [0.15, 0.2) is 0 Å². The van der Waals surface area contributed by atoms with Crippen LogP contribution in [0.1, 0.15) is 36.4 Å². The van der Waals surface area contributed by atoms with Crippen molar-refractivity contribution in [2.45, 2.75) is 35.4 Å². The summed E-state index contributed by atoms with van der Waals surface area (Å²) < 4.78 is 0. The van der Waals surface area contributed by atoms with Crippen molar-refractivity contribution in [1.29, 1.82) is 0 Å². The Morgan fingerprint density at radius 2 is 2.33 bits per heavy atom. The van der Waals surface area contributed by atoms with E-state index in [0.29, 0.717) is 11.8 Å². The molecule has 78 valence electrons. The molecule has 0 aliphatic heterocycles. The third-order valence-corrected chi connectivity index (χ3v) is 5.86. The zero-order valence-electron chi connectivity index (χ0n) is 8.37. The Morgan fingerprint density at radius 3 is 3.07 bits per heavy atom. The van der Waals surface area contributed by atoms with E-state index < -0.39 is 0 Å². The van der Waals surface area contributed by atoms with Crippen LogP contribution in [0.2, 0.25) is 0 Å². The van der Waals surface area contributed by atoms with Gasteiger partial charge in [0.1, 0.15) is 0 Å². The van der Waals surface area contributed by atoms with E-state index in [1.54, 1.807) is 0 Å². The fourth-order valence-electron chi connectivity index (χ4n) is 4.06. The molecule has 3 aliphatic carbocycles. The van der Waals surface area contributed by atoms with E-state index in [9.17, 15) is 0 Å². The number of hydrogen-bond donors (Lipinski definition) is 0. The number of hydrogen-bond acceptors (Lipinski definition) is 1. The molecule has 1 aromatic rings. The smallest absolute Gasteiger partial charge is 0.0512 e. The fraction of sp³-hybridized carbons (Fsp3) is 0.583. The van der Waals surface area contributed by atoms with E-state index >= 15 is 0 Å². The minimum atomic E-state index is -0.116. The highest BCUT2D eigenvalue weighted by Gasteiger charge is 2.85. The maximum atomic E-state index is 6.56. The molecule has 0 saturated heterocycles. The van der Waals surface area contributed by atoms with E-state index in [1.807, 2.05) is 12.3 Å². The summed E-state index contributed by atoms with van der Waals surface area (Å²) >= 11 is 13.0. The third kappa shape index (κ3) is 0.679. The van der Waals surface area contributed by atoms with Crippen molar-refractivity contribution in [1.82, 2.24) is 4.98 Å². The van der Waals surface area contributed by atoms with Crippen molar-refractivity contribution in [2.75, 3.05) is 0 Å². The van der Waals surface area contributed by atoms with Gasteiger partial charge in [-0.3, -0.25) is 4.98 Å². The standard InChI is InChI=1S/C12H11Cl2N/c1-11(14)5-7-6-3-2-4-15-9(6)8-10(13)12(7,8)11/h2-4,7-8,10H,5H2,1H3/t7-,8+,10-,11-,12?/m1/s1. The molecule has 2 saturated carbocycles. The van der Waals surface area contributed by atoms with Crippen LogP contribution in [-0.4, -0.2) is 15.2 Å². The molecular weight excluding hydrogens is 229 g/mol. The molecule has 1 heterocycles. The molecule has 1 nitrogen and oxygen atoms in total. The lowest BCUT2D eigenvalue weighted by Gasteiger charge is -2.49. The van der Waals surface area contributed by atoms with Crippen LogP contribution >= 0.6 is 23.2 Å². The normalized spacial score (nSPS) is 53.9. The van der Waals surface area contributed by atoms with Crippen molar-refractivity contribution in [3.8, 4) is 0 Å². The summed E-state index contributed by atoms with van der Waals surface area (Å²) in [6, 6.07) is 4.21. The predicted molar refractivity (Wildman–Crippen MR) is 60.7 cm³/mol. The van der Waals surface area contributed by atoms with Crippen LogP contribution < -0.4 is 0 Å². The molecule has 2 fully saturated rings. The molecule has 3 aliphatic rings. The van der Waals surface area contributed by atoms with Crippen LogP contribution in [0.4, 0.5) is 0 Å². The molecular formula is C12H11Cl2N. The summed E-state index contributed by atoms with van der Waals surface area (Å²) in [4.78, 5) is 4.37. The molecule has 0 aromatic carbocycles. The van der Waals surface area contributed by atoms with Crippen molar-refractivity contribution < 1.29 is 0 Å². The molecule has 0 radical (unpaired) electrons. The van der Waals surface area contributed by atoms with E-state index in [-0.39, 0.29) is 15.7 Å².